The lowest BCUT2D eigenvalue weighted by molar-refractivity contribution is 0.418. The second kappa shape index (κ2) is 2.87. The quantitative estimate of drug-likeness (QED) is 0.546. The number of rotatable bonds is 1. The van der Waals surface area contributed by atoms with Gasteiger partial charge in [-0.15, -0.1) is 0 Å². The highest BCUT2D eigenvalue weighted by Gasteiger charge is 2.40. The smallest absolute Gasteiger partial charge is 0.270 e. The third kappa shape index (κ3) is 1.25. The van der Waals surface area contributed by atoms with Gasteiger partial charge in [0.15, 0.2) is 0 Å². The standard InChI is InChI=1S/C6H16N3OP/c1-7(2)11(10)8(3)5-6-9(11)4/h5-6H2,1-4H3. The topological polar surface area (TPSA) is 26.8 Å². The van der Waals surface area contributed by atoms with Gasteiger partial charge in [-0.05, 0) is 28.2 Å². The molecule has 1 rings (SSSR count). The Kier molecular flexibility index (Phi) is 2.40. The van der Waals surface area contributed by atoms with Crippen LogP contribution in [0.3, 0.4) is 0 Å². The van der Waals surface area contributed by atoms with Crippen LogP contribution in [0.15, 0.2) is 0 Å². The highest BCUT2D eigenvalue weighted by molar-refractivity contribution is 7.56. The fourth-order valence-electron chi connectivity index (χ4n) is 1.42. The molecule has 0 aromatic heterocycles. The lowest BCUT2D eigenvalue weighted by Crippen LogP contribution is -2.24. The summed E-state index contributed by atoms with van der Waals surface area (Å²) in [7, 11) is 5.21. The SMILES string of the molecule is CN(C)P1(=O)N(C)CCN1C. The molecule has 0 N–H and O–H groups in total. The number of likely N-dealkylation sites (N-methyl/N-ethyl adjacent to an activating group) is 2. The Balaban J connectivity index is 2.90. The minimum absolute atomic E-state index is 0.895. The zero-order valence-corrected chi connectivity index (χ0v) is 8.51. The van der Waals surface area contributed by atoms with Gasteiger partial charge in [0.1, 0.15) is 0 Å². The van der Waals surface area contributed by atoms with E-state index in [0.29, 0.717) is 0 Å². The van der Waals surface area contributed by atoms with E-state index in [0.717, 1.165) is 13.1 Å². The van der Waals surface area contributed by atoms with E-state index in [1.807, 2.05) is 37.5 Å². The minimum Gasteiger partial charge on any atom is -0.270 e. The van der Waals surface area contributed by atoms with Crippen LogP contribution in [-0.2, 0) is 4.57 Å². The highest BCUT2D eigenvalue weighted by atomic mass is 31.2. The molecular weight excluding hydrogens is 161 g/mol. The van der Waals surface area contributed by atoms with E-state index in [1.54, 1.807) is 4.67 Å². The first kappa shape index (κ1) is 9.20. The van der Waals surface area contributed by atoms with E-state index in [2.05, 4.69) is 0 Å². The molecule has 0 unspecified atom stereocenters. The molecule has 0 atom stereocenters. The molecule has 1 saturated heterocycles. The first-order valence-electron chi connectivity index (χ1n) is 3.70. The lowest BCUT2D eigenvalue weighted by Gasteiger charge is -2.30. The third-order valence-corrected chi connectivity index (χ3v) is 5.38. The van der Waals surface area contributed by atoms with Gasteiger partial charge in [-0.1, -0.05) is 0 Å². The highest BCUT2D eigenvalue weighted by Crippen LogP contribution is 2.55. The van der Waals surface area contributed by atoms with Gasteiger partial charge in [0.05, 0.1) is 0 Å². The van der Waals surface area contributed by atoms with Crippen LogP contribution in [0.2, 0.25) is 0 Å². The van der Waals surface area contributed by atoms with Gasteiger partial charge in [-0.2, -0.15) is 0 Å². The first-order chi connectivity index (χ1) is 4.99. The molecule has 11 heavy (non-hydrogen) atoms. The molecule has 0 spiro atoms. The molecule has 1 fully saturated rings. The van der Waals surface area contributed by atoms with Crippen molar-refractivity contribution in [2.24, 2.45) is 0 Å². The molecule has 1 heterocycles. The Hall–Kier alpha value is 0.110. The molecule has 1 aliphatic heterocycles. The summed E-state index contributed by atoms with van der Waals surface area (Å²) in [5.41, 5.74) is 0. The molecule has 0 aliphatic carbocycles. The van der Waals surface area contributed by atoms with Gasteiger partial charge < -0.3 is 0 Å². The van der Waals surface area contributed by atoms with Crippen LogP contribution >= 0.6 is 7.59 Å². The molecule has 4 nitrogen and oxygen atoms in total. The zero-order valence-electron chi connectivity index (χ0n) is 7.61. The number of hydrogen-bond donors (Lipinski definition) is 0. The fraction of sp³-hybridized carbons (Fsp3) is 1.00. The Morgan fingerprint density at radius 2 is 1.55 bits per heavy atom. The summed E-state index contributed by atoms with van der Waals surface area (Å²) in [5, 5.41) is 0. The van der Waals surface area contributed by atoms with Crippen molar-refractivity contribution in [3.63, 3.8) is 0 Å². The molecule has 66 valence electrons. The Morgan fingerprint density at radius 1 is 1.18 bits per heavy atom. The van der Waals surface area contributed by atoms with Crippen LogP contribution in [0.25, 0.3) is 0 Å². The summed E-state index contributed by atoms with van der Waals surface area (Å²) in [6.45, 7) is 1.79. The van der Waals surface area contributed by atoms with E-state index >= 15 is 0 Å². The van der Waals surface area contributed by atoms with Gasteiger partial charge in [0.25, 0.3) is 7.59 Å². The molecule has 0 bridgehead atoms. The predicted molar refractivity (Wildman–Crippen MR) is 46.6 cm³/mol. The lowest BCUT2D eigenvalue weighted by atomic mass is 10.6. The van der Waals surface area contributed by atoms with Crippen LogP contribution in [0.4, 0.5) is 0 Å². The van der Waals surface area contributed by atoms with Crippen molar-refractivity contribution in [2.45, 2.75) is 0 Å². The van der Waals surface area contributed by atoms with Gasteiger partial charge in [-0.25, -0.2) is 14.0 Å². The molecule has 0 saturated carbocycles. The van der Waals surface area contributed by atoms with E-state index in [1.165, 1.54) is 0 Å². The number of hydrogen-bond acceptors (Lipinski definition) is 1. The van der Waals surface area contributed by atoms with Crippen molar-refractivity contribution in [1.29, 1.82) is 0 Å². The Labute approximate surface area is 68.3 Å². The normalized spacial score (nSPS) is 26.6. The van der Waals surface area contributed by atoms with Crippen molar-refractivity contribution < 1.29 is 4.57 Å². The average molecular weight is 177 g/mol. The van der Waals surface area contributed by atoms with Crippen molar-refractivity contribution in [1.82, 2.24) is 14.0 Å². The summed E-state index contributed by atoms with van der Waals surface area (Å²) in [5.74, 6) is 0. The summed E-state index contributed by atoms with van der Waals surface area (Å²) in [6, 6.07) is 0. The van der Waals surface area contributed by atoms with E-state index in [9.17, 15) is 4.57 Å². The molecule has 0 amide bonds. The average Bonchev–Trinajstić information content (AvgIpc) is 2.18. The van der Waals surface area contributed by atoms with Crippen molar-refractivity contribution in [3.8, 4) is 0 Å². The molecule has 0 radical (unpaired) electrons. The third-order valence-electron chi connectivity index (χ3n) is 2.16. The molecule has 1 aliphatic rings. The van der Waals surface area contributed by atoms with Crippen molar-refractivity contribution in [3.05, 3.63) is 0 Å². The van der Waals surface area contributed by atoms with Gasteiger partial charge in [-0.3, -0.25) is 4.57 Å². The molecule has 0 aromatic rings. The van der Waals surface area contributed by atoms with E-state index in [4.69, 9.17) is 0 Å². The molecular formula is C6H16N3OP. The Bertz CT molecular complexity index is 180. The maximum Gasteiger partial charge on any atom is 0.285 e. The summed E-state index contributed by atoms with van der Waals surface area (Å²) < 4.78 is 17.8. The maximum absolute atomic E-state index is 12.2. The van der Waals surface area contributed by atoms with Crippen LogP contribution in [0.5, 0.6) is 0 Å². The van der Waals surface area contributed by atoms with Gasteiger partial charge in [0.2, 0.25) is 0 Å². The van der Waals surface area contributed by atoms with Crippen LogP contribution in [-0.4, -0.2) is 55.3 Å². The van der Waals surface area contributed by atoms with E-state index in [-0.39, 0.29) is 0 Å². The fourth-order valence-corrected chi connectivity index (χ4v) is 3.86. The summed E-state index contributed by atoms with van der Waals surface area (Å²) >= 11 is 0. The summed E-state index contributed by atoms with van der Waals surface area (Å²) in [4.78, 5) is 0. The minimum atomic E-state index is -2.32. The van der Waals surface area contributed by atoms with Crippen LogP contribution < -0.4 is 0 Å². The van der Waals surface area contributed by atoms with Crippen LogP contribution in [0.1, 0.15) is 0 Å². The van der Waals surface area contributed by atoms with Crippen molar-refractivity contribution >= 4 is 7.59 Å². The molecule has 5 heteroatoms. The van der Waals surface area contributed by atoms with Crippen LogP contribution in [0, 0.1) is 0 Å². The van der Waals surface area contributed by atoms with Gasteiger partial charge >= 0.3 is 0 Å². The Morgan fingerprint density at radius 3 is 1.73 bits per heavy atom. The predicted octanol–water partition coefficient (Wildman–Crippen LogP) is 0.533. The first-order valence-corrected chi connectivity index (χ1v) is 5.27. The largest absolute Gasteiger partial charge is 0.285 e. The maximum atomic E-state index is 12.2. The molecule has 0 aromatic carbocycles. The van der Waals surface area contributed by atoms with E-state index < -0.39 is 7.59 Å². The number of nitrogens with zero attached hydrogens (tertiary/aromatic N) is 3. The zero-order chi connectivity index (χ0) is 8.65. The van der Waals surface area contributed by atoms with Crippen molar-refractivity contribution in [2.75, 3.05) is 41.3 Å². The monoisotopic (exact) mass is 177 g/mol. The second-order valence-corrected chi connectivity index (χ2v) is 6.32. The second-order valence-electron chi connectivity index (χ2n) is 3.12. The van der Waals surface area contributed by atoms with Gasteiger partial charge in [0, 0.05) is 13.1 Å². The summed E-state index contributed by atoms with van der Waals surface area (Å²) in [6.07, 6.45) is 0.